The predicted octanol–water partition coefficient (Wildman–Crippen LogP) is 3.25. The van der Waals surface area contributed by atoms with Crippen LogP contribution in [0.2, 0.25) is 0 Å². The molecule has 9 nitrogen and oxygen atoms in total. The highest BCUT2D eigenvalue weighted by Gasteiger charge is 2.57. The van der Waals surface area contributed by atoms with Crippen molar-refractivity contribution in [3.05, 3.63) is 138 Å². The summed E-state index contributed by atoms with van der Waals surface area (Å²) in [6, 6.07) is 37.8. The summed E-state index contributed by atoms with van der Waals surface area (Å²) in [5.74, 6) is -1.14. The van der Waals surface area contributed by atoms with Crippen LogP contribution in [0.1, 0.15) is 53.1 Å². The van der Waals surface area contributed by atoms with E-state index in [1.165, 1.54) is 16.7 Å². The number of fused-ring (bicyclic) bond motifs is 1. The molecule has 0 bridgehead atoms. The number of esters is 1. The molecule has 2 N–H and O–H groups in total. The number of nitrogens with zero attached hydrogens (tertiary/aromatic N) is 1. The molecule has 0 saturated carbocycles. The van der Waals surface area contributed by atoms with Crippen LogP contribution in [-0.4, -0.2) is 63.3 Å². The first-order valence-corrected chi connectivity index (χ1v) is 21.0. The van der Waals surface area contributed by atoms with E-state index in [0.717, 1.165) is 21.5 Å². The van der Waals surface area contributed by atoms with Crippen molar-refractivity contribution in [1.82, 2.24) is 15.5 Å². The number of hydrogen-bond donors (Lipinski definition) is 2. The fraction of sp³-hybridized carbons (Fsp3) is 0.302. The number of carbonyl (C=O) groups is 4. The fourth-order valence-electron chi connectivity index (χ4n) is 6.78. The lowest BCUT2D eigenvalue weighted by Crippen LogP contribution is -3.00. The maximum Gasteiger partial charge on any atom is 0.408 e. The zero-order valence-electron chi connectivity index (χ0n) is 31.8. The van der Waals surface area contributed by atoms with Crippen molar-refractivity contribution in [1.29, 1.82) is 0 Å². The standard InChI is InChI=1S/C43H46N3O6PS.HI/c1-42(2,3)51-40(49)36-30(27-53(31-21-13-8-14-22-31,32-23-15-9-16-24-32)33-25-17-10-18-26-33)28-54-39-35(38(48)46(36)39)44-37(47)34(29-19-11-7-12-20-29)45-41(50)52-43(4,5)6;/h7-26,34-35,39H,27-28H2,1-6H3,(H-,44,45,47,50);1H/t34?,35-,39+;/m1./s1. The highest BCUT2D eigenvalue weighted by atomic mass is 127. The molecule has 2 aliphatic heterocycles. The maximum atomic E-state index is 14.3. The van der Waals surface area contributed by atoms with Gasteiger partial charge < -0.3 is 44.1 Å². The SMILES string of the molecule is CC(C)(C)OC(=O)NC(C(=O)N[C@@H]1C(=O)N2C(C(=O)OC(C)(C)C)=C(C[P+](c3ccccc3)(c3ccccc3)c3ccccc3)CS[C@@H]12)c1ccccc1.[I-]. The number of benzene rings is 4. The van der Waals surface area contributed by atoms with Crippen LogP contribution in [0.4, 0.5) is 4.79 Å². The molecule has 3 atom stereocenters. The van der Waals surface area contributed by atoms with E-state index < -0.39 is 59.8 Å². The van der Waals surface area contributed by atoms with Gasteiger partial charge in [0.05, 0.1) is 6.16 Å². The number of thioether (sulfide) groups is 1. The summed E-state index contributed by atoms with van der Waals surface area (Å²) < 4.78 is 11.5. The Kier molecular flexibility index (Phi) is 13.2. The third kappa shape index (κ3) is 9.44. The summed E-state index contributed by atoms with van der Waals surface area (Å²) in [5.41, 5.74) is -0.0444. The van der Waals surface area contributed by atoms with E-state index in [4.69, 9.17) is 9.47 Å². The molecule has 0 aromatic heterocycles. The molecule has 1 fully saturated rings. The Morgan fingerprint density at radius 3 is 1.65 bits per heavy atom. The number of nitrogens with one attached hydrogen (secondary N) is 2. The van der Waals surface area contributed by atoms with Crippen LogP contribution in [0.25, 0.3) is 0 Å². The van der Waals surface area contributed by atoms with Gasteiger partial charge in [-0.3, -0.25) is 14.5 Å². The minimum Gasteiger partial charge on any atom is -1.00 e. The van der Waals surface area contributed by atoms with Gasteiger partial charge in [-0.1, -0.05) is 84.9 Å². The number of alkyl carbamates (subject to hydrolysis) is 1. The van der Waals surface area contributed by atoms with Gasteiger partial charge in [0.1, 0.15) is 57.5 Å². The molecule has 4 aromatic rings. The van der Waals surface area contributed by atoms with Crippen LogP contribution >= 0.6 is 19.0 Å². The van der Waals surface area contributed by atoms with E-state index in [2.05, 4.69) is 47.0 Å². The summed E-state index contributed by atoms with van der Waals surface area (Å²) in [4.78, 5) is 56.8. The lowest BCUT2D eigenvalue weighted by Gasteiger charge is -2.50. The van der Waals surface area contributed by atoms with Crippen molar-refractivity contribution in [2.75, 3.05) is 11.9 Å². The monoisotopic (exact) mass is 891 g/mol. The minimum absolute atomic E-state index is 0. The van der Waals surface area contributed by atoms with Crippen LogP contribution in [0.15, 0.2) is 133 Å². The molecule has 288 valence electrons. The summed E-state index contributed by atoms with van der Waals surface area (Å²) >= 11 is 1.50. The number of β-lactam (4-membered cyclic amide) rings is 1. The molecule has 6 rings (SSSR count). The van der Waals surface area contributed by atoms with Crippen LogP contribution in [0, 0.1) is 0 Å². The van der Waals surface area contributed by atoms with Gasteiger partial charge in [-0.15, -0.1) is 11.8 Å². The van der Waals surface area contributed by atoms with Gasteiger partial charge in [0, 0.05) is 11.3 Å². The number of halogens is 1. The van der Waals surface area contributed by atoms with E-state index in [1.807, 2.05) is 60.7 Å². The lowest BCUT2D eigenvalue weighted by atomic mass is 10.0. The minimum atomic E-state index is -2.44. The smallest absolute Gasteiger partial charge is 0.408 e. The second-order valence-electron chi connectivity index (χ2n) is 15.3. The maximum absolute atomic E-state index is 14.3. The molecule has 2 heterocycles. The van der Waals surface area contributed by atoms with E-state index >= 15 is 0 Å². The Morgan fingerprint density at radius 2 is 1.20 bits per heavy atom. The third-order valence-electron chi connectivity index (χ3n) is 9.01. The number of amides is 3. The van der Waals surface area contributed by atoms with Crippen molar-refractivity contribution in [2.45, 2.75) is 70.2 Å². The quantitative estimate of drug-likeness (QED) is 0.109. The second-order valence-corrected chi connectivity index (χ2v) is 19.9. The van der Waals surface area contributed by atoms with Gasteiger partial charge in [0.25, 0.3) is 5.91 Å². The van der Waals surface area contributed by atoms with Gasteiger partial charge in [-0.2, -0.15) is 0 Å². The average molecular weight is 892 g/mol. The zero-order chi connectivity index (χ0) is 38.7. The molecular formula is C43H47IN3O6PS. The topological polar surface area (TPSA) is 114 Å². The molecule has 55 heavy (non-hydrogen) atoms. The molecule has 1 unspecified atom stereocenters. The first kappa shape index (κ1) is 42.0. The number of hydrogen-bond acceptors (Lipinski definition) is 7. The summed E-state index contributed by atoms with van der Waals surface area (Å²) in [7, 11) is -2.44. The molecule has 12 heteroatoms. The Morgan fingerprint density at radius 1 is 0.745 bits per heavy atom. The van der Waals surface area contributed by atoms with Crippen LogP contribution in [0.3, 0.4) is 0 Å². The van der Waals surface area contributed by atoms with Crippen molar-refractivity contribution in [2.24, 2.45) is 0 Å². The molecule has 4 aromatic carbocycles. The first-order chi connectivity index (χ1) is 25.7. The lowest BCUT2D eigenvalue weighted by molar-refractivity contribution is -0.159. The van der Waals surface area contributed by atoms with Gasteiger partial charge in [0.15, 0.2) is 0 Å². The molecular weight excluding hydrogens is 844 g/mol. The Labute approximate surface area is 345 Å². The fourth-order valence-corrected chi connectivity index (χ4v) is 12.6. The van der Waals surface area contributed by atoms with Gasteiger partial charge in [-0.25, -0.2) is 9.59 Å². The van der Waals surface area contributed by atoms with Crippen LogP contribution < -0.4 is 50.5 Å². The Balaban J connectivity index is 0.00000580. The third-order valence-corrected chi connectivity index (χ3v) is 14.7. The van der Waals surface area contributed by atoms with Crippen molar-refractivity contribution in [3.8, 4) is 0 Å². The van der Waals surface area contributed by atoms with E-state index in [-0.39, 0.29) is 29.7 Å². The average Bonchev–Trinajstić information content (AvgIpc) is 3.14. The summed E-state index contributed by atoms with van der Waals surface area (Å²) in [6.07, 6.45) is -0.266. The zero-order valence-corrected chi connectivity index (χ0v) is 35.7. The highest BCUT2D eigenvalue weighted by Crippen LogP contribution is 2.58. The van der Waals surface area contributed by atoms with Crippen LogP contribution in [-0.2, 0) is 23.9 Å². The molecule has 3 amide bonds. The van der Waals surface area contributed by atoms with Gasteiger partial charge in [-0.05, 0) is 83.5 Å². The van der Waals surface area contributed by atoms with Gasteiger partial charge in [0.2, 0.25) is 5.91 Å². The Bertz CT molecular complexity index is 1920. The Hall–Kier alpha value is -4.19. The molecule has 0 aliphatic carbocycles. The van der Waals surface area contributed by atoms with E-state index in [9.17, 15) is 19.2 Å². The van der Waals surface area contributed by atoms with Crippen molar-refractivity contribution in [3.63, 3.8) is 0 Å². The van der Waals surface area contributed by atoms with Gasteiger partial charge >= 0.3 is 12.1 Å². The molecule has 0 spiro atoms. The number of ether oxygens (including phenoxy) is 2. The highest BCUT2D eigenvalue weighted by molar-refractivity contribution is 8.00. The largest absolute Gasteiger partial charge is 1.00 e. The normalized spacial score (nSPS) is 17.5. The van der Waals surface area contributed by atoms with E-state index in [0.29, 0.717) is 17.5 Å². The van der Waals surface area contributed by atoms with Crippen molar-refractivity contribution < 1.29 is 52.6 Å². The molecule has 0 radical (unpaired) electrons. The second kappa shape index (κ2) is 17.3. The van der Waals surface area contributed by atoms with Crippen LogP contribution in [0.5, 0.6) is 0 Å². The van der Waals surface area contributed by atoms with Crippen molar-refractivity contribution >= 4 is 58.8 Å². The number of rotatable bonds is 10. The molecule has 2 aliphatic rings. The summed E-state index contributed by atoms with van der Waals surface area (Å²) in [5, 5.41) is 8.45. The summed E-state index contributed by atoms with van der Waals surface area (Å²) in [6.45, 7) is 10.6. The first-order valence-electron chi connectivity index (χ1n) is 18.0. The predicted molar refractivity (Wildman–Crippen MR) is 216 cm³/mol. The van der Waals surface area contributed by atoms with E-state index in [1.54, 1.807) is 65.8 Å². The molecule has 1 saturated heterocycles. The number of carbonyl (C=O) groups excluding carboxylic acids is 4.